The van der Waals surface area contributed by atoms with Crippen molar-refractivity contribution in [2.45, 2.75) is 70.1 Å². The van der Waals surface area contributed by atoms with E-state index in [-0.39, 0.29) is 12.0 Å². The van der Waals surface area contributed by atoms with Gasteiger partial charge in [0, 0.05) is 37.6 Å². The quantitative estimate of drug-likeness (QED) is 0.563. The lowest BCUT2D eigenvalue weighted by molar-refractivity contribution is 0.0276. The molecule has 0 aromatic carbocycles. The molecule has 2 heterocycles. The highest BCUT2D eigenvalue weighted by Crippen LogP contribution is 2.44. The summed E-state index contributed by atoms with van der Waals surface area (Å²) in [6.45, 7) is 8.41. The molecule has 0 aromatic rings. The third kappa shape index (κ3) is 3.92. The number of allylic oxidation sites excluding steroid dienone is 2. The minimum absolute atomic E-state index is 0.0217. The summed E-state index contributed by atoms with van der Waals surface area (Å²) in [6, 6.07) is 0.324. The number of rotatable bonds is 6. The predicted octanol–water partition coefficient (Wildman–Crippen LogP) is 2.92. The van der Waals surface area contributed by atoms with Gasteiger partial charge in [-0.2, -0.15) is 10.2 Å². The van der Waals surface area contributed by atoms with Crippen LogP contribution in [-0.4, -0.2) is 53.7 Å². The van der Waals surface area contributed by atoms with E-state index in [1.807, 2.05) is 27.1 Å². The van der Waals surface area contributed by atoms with Gasteiger partial charge in [-0.1, -0.05) is 6.92 Å². The van der Waals surface area contributed by atoms with Gasteiger partial charge in [-0.3, -0.25) is 10.4 Å². The zero-order valence-electron chi connectivity index (χ0n) is 16.1. The highest BCUT2D eigenvalue weighted by atomic mass is 19.1. The first-order chi connectivity index (χ1) is 12.5. The average Bonchev–Trinajstić information content (AvgIpc) is 3.41. The Morgan fingerprint density at radius 3 is 3.04 bits per heavy atom. The summed E-state index contributed by atoms with van der Waals surface area (Å²) in [6.07, 6.45) is 9.26. The molecule has 7 heteroatoms. The summed E-state index contributed by atoms with van der Waals surface area (Å²) in [4.78, 5) is 2.14. The second-order valence-electron chi connectivity index (χ2n) is 7.59. The minimum atomic E-state index is -0.184. The summed E-state index contributed by atoms with van der Waals surface area (Å²) in [7, 11) is 2.03. The monoisotopic (exact) mass is 362 g/mol. The molecule has 2 atom stereocenters. The standard InChI is InChI=1S/C19H31FN6/c1-5-17-16(20)6-7-18(25(4)14(2)13-23-21-3)26(24-17)15-8-11-22-19(12-15)9-10-19/h6,13,15,18,22-23H,3,5,7-12H2,1-2,4H3/b14-13-/t15-,18?/m1/s1. The lowest BCUT2D eigenvalue weighted by Gasteiger charge is -2.44. The highest BCUT2D eigenvalue weighted by Gasteiger charge is 2.48. The van der Waals surface area contributed by atoms with Crippen molar-refractivity contribution in [1.82, 2.24) is 20.7 Å². The van der Waals surface area contributed by atoms with Crippen molar-refractivity contribution < 1.29 is 4.39 Å². The van der Waals surface area contributed by atoms with E-state index in [0.717, 1.165) is 25.1 Å². The summed E-state index contributed by atoms with van der Waals surface area (Å²) in [5.41, 5.74) is 4.64. The maximum Gasteiger partial charge on any atom is 0.142 e. The highest BCUT2D eigenvalue weighted by molar-refractivity contribution is 5.97. The molecule has 3 rings (SSSR count). The van der Waals surface area contributed by atoms with Crippen LogP contribution in [0, 0.1) is 0 Å². The number of nitrogens with zero attached hydrogens (tertiary/aromatic N) is 4. The molecule has 1 spiro atoms. The first-order valence-electron chi connectivity index (χ1n) is 9.57. The maximum absolute atomic E-state index is 14.5. The van der Waals surface area contributed by atoms with Crippen molar-refractivity contribution in [2.24, 2.45) is 10.2 Å². The smallest absolute Gasteiger partial charge is 0.142 e. The van der Waals surface area contributed by atoms with Crippen molar-refractivity contribution >= 4 is 12.4 Å². The zero-order valence-corrected chi connectivity index (χ0v) is 16.1. The van der Waals surface area contributed by atoms with Crippen LogP contribution < -0.4 is 10.7 Å². The van der Waals surface area contributed by atoms with Gasteiger partial charge in [0.05, 0.1) is 11.8 Å². The molecule has 0 aromatic heterocycles. The average molecular weight is 362 g/mol. The molecular weight excluding hydrogens is 331 g/mol. The molecule has 6 nitrogen and oxygen atoms in total. The fraction of sp³-hybridized carbons (Fsp3) is 0.684. The molecule has 3 aliphatic rings. The molecule has 1 aliphatic carbocycles. The zero-order chi connectivity index (χ0) is 18.7. The van der Waals surface area contributed by atoms with Crippen molar-refractivity contribution in [2.75, 3.05) is 13.6 Å². The van der Waals surface area contributed by atoms with Crippen LogP contribution in [0.15, 0.2) is 34.0 Å². The molecule has 0 bridgehead atoms. The van der Waals surface area contributed by atoms with Crippen LogP contribution in [0.4, 0.5) is 4.39 Å². The molecule has 144 valence electrons. The normalized spacial score (nSPS) is 28.2. The largest absolute Gasteiger partial charge is 0.355 e. The molecule has 2 fully saturated rings. The number of halogens is 1. The molecule has 2 aliphatic heterocycles. The summed E-state index contributed by atoms with van der Waals surface area (Å²) in [5, 5.41) is 14.3. The van der Waals surface area contributed by atoms with E-state index in [0.29, 0.717) is 30.1 Å². The Kier molecular flexibility index (Phi) is 5.65. The van der Waals surface area contributed by atoms with Gasteiger partial charge in [0.1, 0.15) is 12.0 Å². The number of hydrogen-bond acceptors (Lipinski definition) is 6. The van der Waals surface area contributed by atoms with Gasteiger partial charge in [0.2, 0.25) is 0 Å². The lowest BCUT2D eigenvalue weighted by atomic mass is 9.96. The Morgan fingerprint density at radius 1 is 1.62 bits per heavy atom. The number of hydrazone groups is 2. The van der Waals surface area contributed by atoms with E-state index >= 15 is 0 Å². The first-order valence-corrected chi connectivity index (χ1v) is 9.57. The molecule has 1 saturated carbocycles. The Morgan fingerprint density at radius 2 is 2.38 bits per heavy atom. The van der Waals surface area contributed by atoms with Crippen molar-refractivity contribution in [1.29, 1.82) is 0 Å². The van der Waals surface area contributed by atoms with E-state index < -0.39 is 0 Å². The van der Waals surface area contributed by atoms with Gasteiger partial charge in [-0.05, 0) is 51.6 Å². The SMILES string of the molecule is C=NN/C=C(/C)N(C)C1CC=C(F)C(CC)=NN1[C@@H]1CCNC2(CC2)C1. The minimum Gasteiger partial charge on any atom is -0.355 e. The van der Waals surface area contributed by atoms with Crippen LogP contribution in [0.25, 0.3) is 0 Å². The fourth-order valence-corrected chi connectivity index (χ4v) is 3.95. The fourth-order valence-electron chi connectivity index (χ4n) is 3.95. The first kappa shape index (κ1) is 18.9. The predicted molar refractivity (Wildman–Crippen MR) is 104 cm³/mol. The Balaban J connectivity index is 1.88. The second-order valence-corrected chi connectivity index (χ2v) is 7.59. The number of piperidine rings is 1. The van der Waals surface area contributed by atoms with Crippen LogP contribution in [0.5, 0.6) is 0 Å². The van der Waals surface area contributed by atoms with Gasteiger partial charge >= 0.3 is 0 Å². The third-order valence-corrected chi connectivity index (χ3v) is 5.86. The molecule has 26 heavy (non-hydrogen) atoms. The van der Waals surface area contributed by atoms with Crippen LogP contribution in [-0.2, 0) is 0 Å². The van der Waals surface area contributed by atoms with Crippen molar-refractivity contribution in [3.63, 3.8) is 0 Å². The van der Waals surface area contributed by atoms with E-state index in [1.54, 1.807) is 6.08 Å². The molecule has 0 radical (unpaired) electrons. The van der Waals surface area contributed by atoms with Gasteiger partial charge in [0.25, 0.3) is 0 Å². The van der Waals surface area contributed by atoms with Gasteiger partial charge < -0.3 is 10.2 Å². The molecule has 1 unspecified atom stereocenters. The van der Waals surface area contributed by atoms with Crippen LogP contribution in [0.1, 0.15) is 52.4 Å². The Labute approximate surface area is 155 Å². The summed E-state index contributed by atoms with van der Waals surface area (Å²) in [5.74, 6) is -0.184. The van der Waals surface area contributed by atoms with Crippen LogP contribution in [0.2, 0.25) is 0 Å². The lowest BCUT2D eigenvalue weighted by Crippen LogP contribution is -2.54. The number of hydrogen-bond donors (Lipinski definition) is 2. The number of nitrogens with one attached hydrogen (secondary N) is 2. The summed E-state index contributed by atoms with van der Waals surface area (Å²) < 4.78 is 14.5. The Hall–Kier alpha value is -1.89. The van der Waals surface area contributed by atoms with E-state index in [1.165, 1.54) is 12.8 Å². The van der Waals surface area contributed by atoms with Crippen LogP contribution >= 0.6 is 0 Å². The maximum atomic E-state index is 14.5. The van der Waals surface area contributed by atoms with Gasteiger partial charge in [-0.15, -0.1) is 0 Å². The molecular formula is C19H31FN6. The second kappa shape index (κ2) is 7.78. The third-order valence-electron chi connectivity index (χ3n) is 5.86. The van der Waals surface area contributed by atoms with Crippen LogP contribution in [0.3, 0.4) is 0 Å². The molecule has 1 saturated heterocycles. The van der Waals surface area contributed by atoms with Gasteiger partial charge in [0.15, 0.2) is 0 Å². The topological polar surface area (TPSA) is 55.3 Å². The van der Waals surface area contributed by atoms with E-state index in [9.17, 15) is 4.39 Å². The Bertz CT molecular complexity index is 622. The molecule has 0 amide bonds. The van der Waals surface area contributed by atoms with E-state index in [4.69, 9.17) is 5.10 Å². The van der Waals surface area contributed by atoms with Crippen molar-refractivity contribution in [3.05, 3.63) is 23.8 Å². The van der Waals surface area contributed by atoms with Crippen molar-refractivity contribution in [3.8, 4) is 0 Å². The summed E-state index contributed by atoms with van der Waals surface area (Å²) >= 11 is 0. The van der Waals surface area contributed by atoms with Gasteiger partial charge in [-0.25, -0.2) is 4.39 Å². The molecule has 2 N–H and O–H groups in total. The van der Waals surface area contributed by atoms with E-state index in [2.05, 4.69) is 32.5 Å².